The van der Waals surface area contributed by atoms with Gasteiger partial charge in [-0.2, -0.15) is 0 Å². The third-order valence-electron chi connectivity index (χ3n) is 3.65. The molecule has 18 heavy (non-hydrogen) atoms. The number of piperazine rings is 1. The molecule has 0 bridgehead atoms. The highest BCUT2D eigenvalue weighted by atomic mass is 19.1. The Morgan fingerprint density at radius 3 is 2.61 bits per heavy atom. The smallest absolute Gasteiger partial charge is 0.246 e. The van der Waals surface area contributed by atoms with E-state index in [9.17, 15) is 9.18 Å². The van der Waals surface area contributed by atoms with Crippen molar-refractivity contribution in [3.8, 4) is 0 Å². The molecule has 0 aromatic carbocycles. The van der Waals surface area contributed by atoms with Crippen LogP contribution in [0.4, 0.5) is 4.39 Å². The lowest BCUT2D eigenvalue weighted by Crippen LogP contribution is -2.46. The molecule has 0 aliphatic carbocycles. The molecule has 1 unspecified atom stereocenters. The first-order chi connectivity index (χ1) is 8.65. The predicted octanol–water partition coefficient (Wildman–Crippen LogP) is 0.360. The molecule has 2 rings (SSSR count). The van der Waals surface area contributed by atoms with Crippen molar-refractivity contribution in [1.29, 1.82) is 0 Å². The lowest BCUT2D eigenvalue weighted by Gasteiger charge is -2.31. The number of hydrogen-bond acceptors (Lipinski definition) is 3. The van der Waals surface area contributed by atoms with Crippen LogP contribution in [0.15, 0.2) is 12.2 Å². The summed E-state index contributed by atoms with van der Waals surface area (Å²) in [6.07, 6.45) is 3.43. The number of nitrogens with zero attached hydrogens (tertiary/aromatic N) is 3. The highest BCUT2D eigenvalue weighted by Crippen LogP contribution is 2.11. The summed E-state index contributed by atoms with van der Waals surface area (Å²) in [7, 11) is 2.07. The van der Waals surface area contributed by atoms with Crippen LogP contribution in [-0.2, 0) is 4.79 Å². The second kappa shape index (κ2) is 6.29. The van der Waals surface area contributed by atoms with Crippen molar-refractivity contribution in [1.82, 2.24) is 14.7 Å². The summed E-state index contributed by atoms with van der Waals surface area (Å²) >= 11 is 0. The zero-order chi connectivity index (χ0) is 13.0. The molecule has 2 aliphatic rings. The van der Waals surface area contributed by atoms with E-state index in [1.807, 2.05) is 15.9 Å². The number of rotatable bonds is 3. The van der Waals surface area contributed by atoms with Gasteiger partial charge in [-0.3, -0.25) is 9.69 Å². The van der Waals surface area contributed by atoms with Gasteiger partial charge in [0.15, 0.2) is 0 Å². The van der Waals surface area contributed by atoms with E-state index in [1.165, 1.54) is 0 Å². The molecule has 0 aromatic rings. The van der Waals surface area contributed by atoms with E-state index in [0.29, 0.717) is 19.5 Å². The summed E-state index contributed by atoms with van der Waals surface area (Å²) in [5, 5.41) is 0. The highest BCUT2D eigenvalue weighted by molar-refractivity contribution is 5.87. The van der Waals surface area contributed by atoms with Gasteiger partial charge in [0.25, 0.3) is 0 Å². The fraction of sp³-hybridized carbons (Fsp3) is 0.769. The van der Waals surface area contributed by atoms with Gasteiger partial charge >= 0.3 is 0 Å². The molecule has 2 fully saturated rings. The number of alkyl halides is 1. The van der Waals surface area contributed by atoms with E-state index in [1.54, 1.807) is 6.08 Å². The molecule has 0 spiro atoms. The minimum Gasteiger partial charge on any atom is -0.337 e. The molecule has 5 heteroatoms. The maximum absolute atomic E-state index is 12.9. The quantitative estimate of drug-likeness (QED) is 0.681. The second-order valence-corrected chi connectivity index (χ2v) is 5.18. The molecule has 2 heterocycles. The molecular weight excluding hydrogens is 233 g/mol. The summed E-state index contributed by atoms with van der Waals surface area (Å²) in [6.45, 7) is 5.47. The maximum Gasteiger partial charge on any atom is 0.246 e. The van der Waals surface area contributed by atoms with Gasteiger partial charge in [0.2, 0.25) is 5.91 Å². The minimum atomic E-state index is -0.688. The number of carbonyl (C=O) groups is 1. The van der Waals surface area contributed by atoms with Crippen molar-refractivity contribution in [2.75, 3.05) is 52.9 Å². The number of carbonyl (C=O) groups excluding carboxylic acids is 1. The van der Waals surface area contributed by atoms with Gasteiger partial charge in [-0.15, -0.1) is 0 Å². The van der Waals surface area contributed by atoms with Gasteiger partial charge in [0, 0.05) is 51.9 Å². The van der Waals surface area contributed by atoms with Crippen LogP contribution in [0.1, 0.15) is 6.42 Å². The van der Waals surface area contributed by atoms with Crippen molar-refractivity contribution < 1.29 is 9.18 Å². The van der Waals surface area contributed by atoms with E-state index in [2.05, 4.69) is 11.9 Å². The molecular formula is C13H22FN3O. The van der Waals surface area contributed by atoms with Crippen LogP contribution in [0.3, 0.4) is 0 Å². The van der Waals surface area contributed by atoms with Crippen LogP contribution >= 0.6 is 0 Å². The molecule has 0 N–H and O–H groups in total. The summed E-state index contributed by atoms with van der Waals surface area (Å²) in [4.78, 5) is 18.0. The summed E-state index contributed by atoms with van der Waals surface area (Å²) in [6, 6.07) is 0. The molecule has 0 saturated carbocycles. The molecule has 0 radical (unpaired) electrons. The van der Waals surface area contributed by atoms with Crippen LogP contribution in [0.25, 0.3) is 0 Å². The van der Waals surface area contributed by atoms with Gasteiger partial charge in [-0.05, 0) is 13.5 Å². The Bertz CT molecular complexity index is 313. The fourth-order valence-corrected chi connectivity index (χ4v) is 2.39. The van der Waals surface area contributed by atoms with Gasteiger partial charge in [-0.1, -0.05) is 6.08 Å². The van der Waals surface area contributed by atoms with Gasteiger partial charge in [0.1, 0.15) is 6.17 Å². The first-order valence-electron chi connectivity index (χ1n) is 6.65. The lowest BCUT2D eigenvalue weighted by atomic mass is 10.3. The largest absolute Gasteiger partial charge is 0.337 e. The first-order valence-corrected chi connectivity index (χ1v) is 6.65. The molecule has 2 saturated heterocycles. The van der Waals surface area contributed by atoms with Gasteiger partial charge < -0.3 is 9.80 Å². The number of amides is 1. The summed E-state index contributed by atoms with van der Waals surface area (Å²) in [5.74, 6) is 0.0825. The Balaban J connectivity index is 1.70. The minimum absolute atomic E-state index is 0.0825. The SMILES string of the molecule is CN1CCN(C(=O)/C=C/CN2CCC(F)C2)CC1. The number of likely N-dealkylation sites (N-methyl/N-ethyl adjacent to an activating group) is 1. The molecule has 1 atom stereocenters. The average Bonchev–Trinajstić information content (AvgIpc) is 2.76. The number of likely N-dealkylation sites (tertiary alicyclic amines) is 1. The van der Waals surface area contributed by atoms with E-state index in [4.69, 9.17) is 0 Å². The molecule has 0 aromatic heterocycles. The van der Waals surface area contributed by atoms with Crippen molar-refractivity contribution in [2.24, 2.45) is 0 Å². The van der Waals surface area contributed by atoms with Gasteiger partial charge in [0.05, 0.1) is 0 Å². The Morgan fingerprint density at radius 1 is 1.28 bits per heavy atom. The van der Waals surface area contributed by atoms with E-state index < -0.39 is 6.17 Å². The van der Waals surface area contributed by atoms with Crippen LogP contribution in [0, 0.1) is 0 Å². The lowest BCUT2D eigenvalue weighted by molar-refractivity contribution is -0.127. The second-order valence-electron chi connectivity index (χ2n) is 5.18. The van der Waals surface area contributed by atoms with Crippen molar-refractivity contribution in [3.05, 3.63) is 12.2 Å². The zero-order valence-electron chi connectivity index (χ0n) is 11.0. The van der Waals surface area contributed by atoms with Gasteiger partial charge in [-0.25, -0.2) is 4.39 Å². The topological polar surface area (TPSA) is 26.8 Å². The average molecular weight is 255 g/mol. The fourth-order valence-electron chi connectivity index (χ4n) is 2.39. The Hall–Kier alpha value is -0.940. The van der Waals surface area contributed by atoms with Crippen molar-refractivity contribution in [3.63, 3.8) is 0 Å². The van der Waals surface area contributed by atoms with E-state index in [-0.39, 0.29) is 5.91 Å². The van der Waals surface area contributed by atoms with Crippen LogP contribution in [0.5, 0.6) is 0 Å². The van der Waals surface area contributed by atoms with E-state index >= 15 is 0 Å². The molecule has 2 aliphatic heterocycles. The Morgan fingerprint density at radius 2 is 2.00 bits per heavy atom. The third-order valence-corrected chi connectivity index (χ3v) is 3.65. The zero-order valence-corrected chi connectivity index (χ0v) is 11.0. The number of halogens is 1. The number of hydrogen-bond donors (Lipinski definition) is 0. The monoisotopic (exact) mass is 255 g/mol. The summed E-state index contributed by atoms with van der Waals surface area (Å²) < 4.78 is 12.9. The normalized spacial score (nSPS) is 27.2. The Kier molecular flexibility index (Phi) is 4.72. The van der Waals surface area contributed by atoms with Crippen LogP contribution in [-0.4, -0.2) is 79.6 Å². The van der Waals surface area contributed by atoms with Crippen molar-refractivity contribution in [2.45, 2.75) is 12.6 Å². The third kappa shape index (κ3) is 3.78. The first kappa shape index (κ1) is 13.5. The molecule has 4 nitrogen and oxygen atoms in total. The Labute approximate surface area is 108 Å². The highest BCUT2D eigenvalue weighted by Gasteiger charge is 2.20. The standard InChI is InChI=1S/C13H22FN3O/c1-15-7-9-17(10-8-15)13(18)3-2-5-16-6-4-12(14)11-16/h2-3,12H,4-11H2,1H3/b3-2+. The summed E-state index contributed by atoms with van der Waals surface area (Å²) in [5.41, 5.74) is 0. The molecule has 1 amide bonds. The van der Waals surface area contributed by atoms with E-state index in [0.717, 1.165) is 32.7 Å². The predicted molar refractivity (Wildman–Crippen MR) is 69.2 cm³/mol. The van der Waals surface area contributed by atoms with Crippen LogP contribution < -0.4 is 0 Å². The van der Waals surface area contributed by atoms with Crippen LogP contribution in [0.2, 0.25) is 0 Å². The van der Waals surface area contributed by atoms with Crippen molar-refractivity contribution >= 4 is 5.91 Å². The maximum atomic E-state index is 12.9. The molecule has 102 valence electrons.